The van der Waals surface area contributed by atoms with E-state index in [0.29, 0.717) is 17.2 Å². The van der Waals surface area contributed by atoms with Gasteiger partial charge >= 0.3 is 5.97 Å². The smallest absolute Gasteiger partial charge is 0.345 e. The van der Waals surface area contributed by atoms with Gasteiger partial charge in [-0.15, -0.1) is 0 Å². The Morgan fingerprint density at radius 3 is 2.60 bits per heavy atom. The Morgan fingerprint density at radius 1 is 1.24 bits per heavy atom. The molecular formula is C17H16ClNO6. The second-order valence-corrected chi connectivity index (χ2v) is 5.35. The van der Waals surface area contributed by atoms with Gasteiger partial charge in [0.1, 0.15) is 12.2 Å². The maximum absolute atomic E-state index is 12.3. The number of hydrogen-bond acceptors (Lipinski definition) is 6. The molecule has 0 atom stereocenters. The van der Waals surface area contributed by atoms with Gasteiger partial charge < -0.3 is 14.2 Å². The quantitative estimate of drug-likeness (QED) is 0.418. The number of carbonyl (C=O) groups excluding carboxylic acids is 1. The van der Waals surface area contributed by atoms with Crippen LogP contribution in [0.1, 0.15) is 22.8 Å². The number of carbonyl (C=O) groups is 1. The lowest BCUT2D eigenvalue weighted by Crippen LogP contribution is -2.09. The van der Waals surface area contributed by atoms with Crippen molar-refractivity contribution in [2.45, 2.75) is 13.5 Å². The Kier molecular flexibility index (Phi) is 6.19. The van der Waals surface area contributed by atoms with E-state index in [2.05, 4.69) is 0 Å². The summed E-state index contributed by atoms with van der Waals surface area (Å²) in [5.41, 5.74) is 0.0362. The zero-order chi connectivity index (χ0) is 18.4. The molecule has 8 heteroatoms. The average molecular weight is 366 g/mol. The Balaban J connectivity index is 2.29. The summed E-state index contributed by atoms with van der Waals surface area (Å²) in [6, 6.07) is 9.17. The van der Waals surface area contributed by atoms with Gasteiger partial charge in [0.2, 0.25) is 0 Å². The minimum absolute atomic E-state index is 0.0634. The molecule has 2 aromatic rings. The van der Waals surface area contributed by atoms with Gasteiger partial charge in [0.05, 0.1) is 24.7 Å². The van der Waals surface area contributed by atoms with Gasteiger partial charge in [-0.3, -0.25) is 10.1 Å². The van der Waals surface area contributed by atoms with E-state index in [1.54, 1.807) is 31.2 Å². The number of benzene rings is 2. The molecular weight excluding hydrogens is 350 g/mol. The molecule has 0 N–H and O–H groups in total. The summed E-state index contributed by atoms with van der Waals surface area (Å²) in [7, 11) is 1.38. The SMILES string of the molecule is CCOc1cc([N+](=O)[O-])c(C(=O)OCc2cccc(Cl)c2)cc1OC. The van der Waals surface area contributed by atoms with Gasteiger partial charge in [0.25, 0.3) is 5.69 Å². The Bertz CT molecular complexity index is 793. The van der Waals surface area contributed by atoms with E-state index in [1.165, 1.54) is 13.2 Å². The minimum atomic E-state index is -0.840. The lowest BCUT2D eigenvalue weighted by Gasteiger charge is -2.11. The number of methoxy groups -OCH3 is 1. The van der Waals surface area contributed by atoms with Crippen molar-refractivity contribution in [3.8, 4) is 11.5 Å². The van der Waals surface area contributed by atoms with Gasteiger partial charge in [-0.1, -0.05) is 23.7 Å². The number of halogens is 1. The number of esters is 1. The molecule has 0 aromatic heterocycles. The van der Waals surface area contributed by atoms with Crippen molar-refractivity contribution in [3.63, 3.8) is 0 Å². The zero-order valence-electron chi connectivity index (χ0n) is 13.7. The first kappa shape index (κ1) is 18.5. The molecule has 132 valence electrons. The van der Waals surface area contributed by atoms with Crippen LogP contribution in [0.2, 0.25) is 5.02 Å². The van der Waals surface area contributed by atoms with Crippen LogP contribution in [-0.4, -0.2) is 24.6 Å². The van der Waals surface area contributed by atoms with Crippen LogP contribution >= 0.6 is 11.6 Å². The van der Waals surface area contributed by atoms with Crippen LogP contribution in [0.5, 0.6) is 11.5 Å². The normalized spacial score (nSPS) is 10.2. The molecule has 0 saturated carbocycles. The third-order valence-electron chi connectivity index (χ3n) is 3.26. The summed E-state index contributed by atoms with van der Waals surface area (Å²) < 4.78 is 15.6. The lowest BCUT2D eigenvalue weighted by molar-refractivity contribution is -0.385. The lowest BCUT2D eigenvalue weighted by atomic mass is 10.1. The highest BCUT2D eigenvalue weighted by Crippen LogP contribution is 2.35. The van der Waals surface area contributed by atoms with Crippen molar-refractivity contribution in [1.29, 1.82) is 0 Å². The third-order valence-corrected chi connectivity index (χ3v) is 3.49. The average Bonchev–Trinajstić information content (AvgIpc) is 2.59. The summed E-state index contributed by atoms with van der Waals surface area (Å²) in [5.74, 6) is -0.446. The summed E-state index contributed by atoms with van der Waals surface area (Å²) in [4.78, 5) is 22.9. The van der Waals surface area contributed by atoms with Crippen molar-refractivity contribution in [1.82, 2.24) is 0 Å². The number of nitro benzene ring substituents is 1. The van der Waals surface area contributed by atoms with Gasteiger partial charge in [-0.2, -0.15) is 0 Å². The van der Waals surface area contributed by atoms with Gasteiger partial charge in [0, 0.05) is 11.1 Å². The molecule has 0 aliphatic carbocycles. The highest BCUT2D eigenvalue weighted by atomic mass is 35.5. The molecule has 0 spiro atoms. The van der Waals surface area contributed by atoms with E-state index < -0.39 is 16.6 Å². The molecule has 25 heavy (non-hydrogen) atoms. The Labute approximate surface area is 149 Å². The maximum Gasteiger partial charge on any atom is 0.345 e. The van der Waals surface area contributed by atoms with Gasteiger partial charge in [0.15, 0.2) is 11.5 Å². The van der Waals surface area contributed by atoms with Crippen molar-refractivity contribution in [2.24, 2.45) is 0 Å². The molecule has 0 radical (unpaired) electrons. The van der Waals surface area contributed by atoms with Crippen molar-refractivity contribution in [3.05, 3.63) is 62.7 Å². The summed E-state index contributed by atoms with van der Waals surface area (Å²) in [6.45, 7) is 1.97. The molecule has 2 aromatic carbocycles. The molecule has 0 unspecified atom stereocenters. The Hall–Kier alpha value is -2.80. The first-order chi connectivity index (χ1) is 12.0. The molecule has 0 aliphatic heterocycles. The topological polar surface area (TPSA) is 87.9 Å². The molecule has 0 bridgehead atoms. The third kappa shape index (κ3) is 4.60. The number of hydrogen-bond donors (Lipinski definition) is 0. The number of nitro groups is 1. The first-order valence-corrected chi connectivity index (χ1v) is 7.74. The second-order valence-electron chi connectivity index (χ2n) is 4.92. The van der Waals surface area contributed by atoms with Crippen LogP contribution in [0, 0.1) is 10.1 Å². The van der Waals surface area contributed by atoms with Crippen LogP contribution in [0.4, 0.5) is 5.69 Å². The van der Waals surface area contributed by atoms with Crippen LogP contribution in [0.15, 0.2) is 36.4 Å². The molecule has 2 rings (SSSR count). The van der Waals surface area contributed by atoms with Gasteiger partial charge in [-0.25, -0.2) is 4.79 Å². The predicted octanol–water partition coefficient (Wildman–Crippen LogP) is 4.01. The van der Waals surface area contributed by atoms with Crippen molar-refractivity contribution in [2.75, 3.05) is 13.7 Å². The van der Waals surface area contributed by atoms with Crippen molar-refractivity contribution >= 4 is 23.3 Å². The summed E-state index contributed by atoms with van der Waals surface area (Å²) in [6.07, 6.45) is 0. The highest BCUT2D eigenvalue weighted by molar-refractivity contribution is 6.30. The van der Waals surface area contributed by atoms with E-state index in [0.717, 1.165) is 6.07 Å². The number of rotatable bonds is 7. The Morgan fingerprint density at radius 2 is 2.00 bits per heavy atom. The van der Waals surface area contributed by atoms with Crippen molar-refractivity contribution < 1.29 is 23.9 Å². The second kappa shape index (κ2) is 8.34. The first-order valence-electron chi connectivity index (χ1n) is 7.37. The number of ether oxygens (including phenoxy) is 3. The number of nitrogens with zero attached hydrogens (tertiary/aromatic N) is 1. The van der Waals surface area contributed by atoms with E-state index >= 15 is 0 Å². The molecule has 0 fully saturated rings. The van der Waals surface area contributed by atoms with E-state index in [4.69, 9.17) is 25.8 Å². The standard InChI is InChI=1S/C17H16ClNO6/c1-3-24-16-9-14(19(21)22)13(8-15(16)23-2)17(20)25-10-11-5-4-6-12(18)7-11/h4-9H,3,10H2,1-2H3. The fourth-order valence-electron chi connectivity index (χ4n) is 2.14. The summed E-state index contributed by atoms with van der Waals surface area (Å²) >= 11 is 5.87. The monoisotopic (exact) mass is 365 g/mol. The highest BCUT2D eigenvalue weighted by Gasteiger charge is 2.26. The van der Waals surface area contributed by atoms with E-state index in [9.17, 15) is 14.9 Å². The molecule has 0 saturated heterocycles. The molecule has 7 nitrogen and oxygen atoms in total. The fourth-order valence-corrected chi connectivity index (χ4v) is 2.36. The van der Waals surface area contributed by atoms with E-state index in [-0.39, 0.29) is 23.7 Å². The fraction of sp³-hybridized carbons (Fsp3) is 0.235. The zero-order valence-corrected chi connectivity index (χ0v) is 14.4. The molecule has 0 aliphatic rings. The summed E-state index contributed by atoms with van der Waals surface area (Å²) in [5, 5.41) is 11.8. The van der Waals surface area contributed by atoms with E-state index in [1.807, 2.05) is 0 Å². The maximum atomic E-state index is 12.3. The predicted molar refractivity (Wildman–Crippen MR) is 91.4 cm³/mol. The van der Waals surface area contributed by atoms with Crippen LogP contribution < -0.4 is 9.47 Å². The van der Waals surface area contributed by atoms with Crippen LogP contribution in [-0.2, 0) is 11.3 Å². The van der Waals surface area contributed by atoms with Gasteiger partial charge in [-0.05, 0) is 24.6 Å². The minimum Gasteiger partial charge on any atom is -0.493 e. The van der Waals surface area contributed by atoms with Crippen LogP contribution in [0.3, 0.4) is 0 Å². The molecule has 0 amide bonds. The largest absolute Gasteiger partial charge is 0.493 e. The van der Waals surface area contributed by atoms with Crippen LogP contribution in [0.25, 0.3) is 0 Å². The molecule has 0 heterocycles.